The summed E-state index contributed by atoms with van der Waals surface area (Å²) in [4.78, 5) is 16.7. The summed E-state index contributed by atoms with van der Waals surface area (Å²) in [5.74, 6) is 0.287. The van der Waals surface area contributed by atoms with Gasteiger partial charge in [0, 0.05) is 27.5 Å². The maximum Gasteiger partial charge on any atom is 0.262 e. The lowest BCUT2D eigenvalue weighted by atomic mass is 10.2. The van der Waals surface area contributed by atoms with Gasteiger partial charge in [0.1, 0.15) is 5.75 Å². The normalized spacial score (nSPS) is 10.9. The lowest BCUT2D eigenvalue weighted by Gasteiger charge is -2.10. The number of ether oxygens (including phenoxy) is 1. The quantitative estimate of drug-likeness (QED) is 0.464. The molecule has 0 atom stereocenters. The van der Waals surface area contributed by atoms with Crippen molar-refractivity contribution < 1.29 is 9.53 Å². The first-order chi connectivity index (χ1) is 13.9. The van der Waals surface area contributed by atoms with Crippen molar-refractivity contribution in [2.75, 3.05) is 11.9 Å². The number of carbonyl (C=O) groups is 1. The van der Waals surface area contributed by atoms with Crippen LogP contribution in [0, 0.1) is 13.8 Å². The number of para-hydroxylation sites is 1. The molecule has 3 aromatic carbocycles. The second-order valence-corrected chi connectivity index (χ2v) is 7.30. The SMILES string of the molecule is Cc1ccc(NC(=O)COc2ccccc2C=Nc2cccc(Cl)c2C)cc1Cl. The Morgan fingerprint density at radius 1 is 1.03 bits per heavy atom. The molecule has 0 saturated carbocycles. The summed E-state index contributed by atoms with van der Waals surface area (Å²) < 4.78 is 5.71. The number of benzene rings is 3. The van der Waals surface area contributed by atoms with E-state index in [1.165, 1.54) is 0 Å². The summed E-state index contributed by atoms with van der Waals surface area (Å²) in [6.45, 7) is 3.69. The molecule has 0 heterocycles. The van der Waals surface area contributed by atoms with Crippen LogP contribution in [0.3, 0.4) is 0 Å². The molecule has 148 valence electrons. The zero-order chi connectivity index (χ0) is 20.8. The molecule has 6 heteroatoms. The Hall–Kier alpha value is -2.82. The zero-order valence-electron chi connectivity index (χ0n) is 16.1. The van der Waals surface area contributed by atoms with Crippen LogP contribution in [0.4, 0.5) is 11.4 Å². The summed E-state index contributed by atoms with van der Waals surface area (Å²) in [6.07, 6.45) is 1.70. The summed E-state index contributed by atoms with van der Waals surface area (Å²) in [5.41, 5.74) is 4.02. The van der Waals surface area contributed by atoms with Gasteiger partial charge in [-0.2, -0.15) is 0 Å². The van der Waals surface area contributed by atoms with Gasteiger partial charge in [0.25, 0.3) is 5.91 Å². The maximum absolute atomic E-state index is 12.2. The van der Waals surface area contributed by atoms with E-state index in [1.54, 1.807) is 24.4 Å². The Morgan fingerprint density at radius 3 is 2.62 bits per heavy atom. The zero-order valence-corrected chi connectivity index (χ0v) is 17.6. The van der Waals surface area contributed by atoms with Gasteiger partial charge in [-0.1, -0.05) is 47.5 Å². The molecule has 4 nitrogen and oxygen atoms in total. The van der Waals surface area contributed by atoms with Crippen LogP contribution in [-0.4, -0.2) is 18.7 Å². The molecule has 0 aliphatic heterocycles. The molecule has 3 rings (SSSR count). The average molecular weight is 427 g/mol. The minimum absolute atomic E-state index is 0.132. The molecule has 0 aliphatic carbocycles. The van der Waals surface area contributed by atoms with E-state index in [1.807, 2.05) is 56.3 Å². The van der Waals surface area contributed by atoms with Gasteiger partial charge >= 0.3 is 0 Å². The number of nitrogens with one attached hydrogen (secondary N) is 1. The molecule has 1 N–H and O–H groups in total. The van der Waals surface area contributed by atoms with Crippen molar-refractivity contribution in [3.05, 3.63) is 87.4 Å². The van der Waals surface area contributed by atoms with Gasteiger partial charge in [0.05, 0.1) is 5.69 Å². The fourth-order valence-corrected chi connectivity index (χ4v) is 2.95. The number of aryl methyl sites for hydroxylation is 1. The highest BCUT2D eigenvalue weighted by molar-refractivity contribution is 6.32. The molecule has 0 unspecified atom stereocenters. The highest BCUT2D eigenvalue weighted by Crippen LogP contribution is 2.26. The number of hydrogen-bond donors (Lipinski definition) is 1. The van der Waals surface area contributed by atoms with Crippen molar-refractivity contribution in [2.45, 2.75) is 13.8 Å². The average Bonchev–Trinajstić information content (AvgIpc) is 2.71. The topological polar surface area (TPSA) is 50.7 Å². The maximum atomic E-state index is 12.2. The van der Waals surface area contributed by atoms with Crippen molar-refractivity contribution in [3.8, 4) is 5.75 Å². The molecule has 0 saturated heterocycles. The number of aliphatic imine (C=N–C) groups is 1. The predicted molar refractivity (Wildman–Crippen MR) is 120 cm³/mol. The van der Waals surface area contributed by atoms with Crippen molar-refractivity contribution in [1.82, 2.24) is 0 Å². The first-order valence-corrected chi connectivity index (χ1v) is 9.76. The molecule has 0 fully saturated rings. The van der Waals surface area contributed by atoms with Crippen LogP contribution in [0.1, 0.15) is 16.7 Å². The van der Waals surface area contributed by atoms with Crippen molar-refractivity contribution in [3.63, 3.8) is 0 Å². The van der Waals surface area contributed by atoms with Gasteiger partial charge in [0.2, 0.25) is 0 Å². The smallest absolute Gasteiger partial charge is 0.262 e. The molecule has 3 aromatic rings. The number of rotatable bonds is 6. The molecule has 1 amide bonds. The molecular weight excluding hydrogens is 407 g/mol. The standard InChI is InChI=1S/C23H20Cl2N2O2/c1-15-10-11-18(12-20(15)25)27-23(28)14-29-22-9-4-3-6-17(22)13-26-21-8-5-7-19(24)16(21)2/h3-13H,14H2,1-2H3,(H,27,28). The number of nitrogens with zero attached hydrogens (tertiary/aromatic N) is 1. The third kappa shape index (κ3) is 5.59. The van der Waals surface area contributed by atoms with E-state index in [-0.39, 0.29) is 12.5 Å². The lowest BCUT2D eigenvalue weighted by Crippen LogP contribution is -2.20. The van der Waals surface area contributed by atoms with E-state index in [0.717, 1.165) is 22.4 Å². The van der Waals surface area contributed by atoms with Gasteiger partial charge in [0.15, 0.2) is 6.61 Å². The molecule has 29 heavy (non-hydrogen) atoms. The lowest BCUT2D eigenvalue weighted by molar-refractivity contribution is -0.118. The van der Waals surface area contributed by atoms with E-state index in [4.69, 9.17) is 27.9 Å². The summed E-state index contributed by atoms with van der Waals surface area (Å²) in [6, 6.07) is 18.3. The van der Waals surface area contributed by atoms with E-state index in [2.05, 4.69) is 10.3 Å². The minimum Gasteiger partial charge on any atom is -0.483 e. The Bertz CT molecular complexity index is 1060. The van der Waals surface area contributed by atoms with Gasteiger partial charge < -0.3 is 10.1 Å². The largest absolute Gasteiger partial charge is 0.483 e. The van der Waals surface area contributed by atoms with Crippen LogP contribution in [-0.2, 0) is 4.79 Å². The number of hydrogen-bond acceptors (Lipinski definition) is 3. The first kappa shape index (κ1) is 20.9. The van der Waals surface area contributed by atoms with Crippen LogP contribution >= 0.6 is 23.2 Å². The Kier molecular flexibility index (Phi) is 6.91. The Balaban J connectivity index is 1.67. The summed E-state index contributed by atoms with van der Waals surface area (Å²) >= 11 is 12.2. The Morgan fingerprint density at radius 2 is 1.83 bits per heavy atom. The van der Waals surface area contributed by atoms with Crippen LogP contribution in [0.15, 0.2) is 65.7 Å². The fraction of sp³-hybridized carbons (Fsp3) is 0.130. The summed E-state index contributed by atoms with van der Waals surface area (Å²) in [5, 5.41) is 4.04. The predicted octanol–water partition coefficient (Wildman–Crippen LogP) is 6.38. The molecule has 0 bridgehead atoms. The monoisotopic (exact) mass is 426 g/mol. The van der Waals surface area contributed by atoms with E-state index in [0.29, 0.717) is 21.5 Å². The van der Waals surface area contributed by atoms with Gasteiger partial charge in [-0.25, -0.2) is 0 Å². The van der Waals surface area contributed by atoms with Gasteiger partial charge in [-0.3, -0.25) is 9.79 Å². The summed E-state index contributed by atoms with van der Waals surface area (Å²) in [7, 11) is 0. The van der Waals surface area contributed by atoms with Crippen molar-refractivity contribution >= 4 is 46.7 Å². The third-order valence-corrected chi connectivity index (χ3v) is 5.13. The number of anilines is 1. The second kappa shape index (κ2) is 9.59. The van der Waals surface area contributed by atoms with E-state index < -0.39 is 0 Å². The second-order valence-electron chi connectivity index (χ2n) is 6.48. The van der Waals surface area contributed by atoms with Crippen molar-refractivity contribution in [2.24, 2.45) is 4.99 Å². The van der Waals surface area contributed by atoms with Crippen LogP contribution in [0.2, 0.25) is 10.0 Å². The number of halogens is 2. The molecular formula is C23H20Cl2N2O2. The molecule has 0 radical (unpaired) electrons. The molecule has 0 aromatic heterocycles. The van der Waals surface area contributed by atoms with E-state index >= 15 is 0 Å². The van der Waals surface area contributed by atoms with Crippen LogP contribution < -0.4 is 10.1 Å². The van der Waals surface area contributed by atoms with Crippen LogP contribution in [0.5, 0.6) is 5.75 Å². The first-order valence-electron chi connectivity index (χ1n) is 9.01. The molecule has 0 aliphatic rings. The Labute approximate surface area is 180 Å². The number of amides is 1. The van der Waals surface area contributed by atoms with Crippen molar-refractivity contribution in [1.29, 1.82) is 0 Å². The highest BCUT2D eigenvalue weighted by atomic mass is 35.5. The van der Waals surface area contributed by atoms with Gasteiger partial charge in [-0.05, 0) is 61.4 Å². The fourth-order valence-electron chi connectivity index (χ4n) is 2.60. The third-order valence-electron chi connectivity index (χ3n) is 4.32. The minimum atomic E-state index is -0.276. The van der Waals surface area contributed by atoms with E-state index in [9.17, 15) is 4.79 Å². The highest BCUT2D eigenvalue weighted by Gasteiger charge is 2.08. The van der Waals surface area contributed by atoms with Gasteiger partial charge in [-0.15, -0.1) is 0 Å². The van der Waals surface area contributed by atoms with Crippen LogP contribution in [0.25, 0.3) is 0 Å². The molecule has 0 spiro atoms. The number of carbonyl (C=O) groups excluding carboxylic acids is 1.